The molecule has 16 heavy (non-hydrogen) atoms. The number of hydrogen-bond donors (Lipinski definition) is 0. The van der Waals surface area contributed by atoms with E-state index in [2.05, 4.69) is 0 Å². The summed E-state index contributed by atoms with van der Waals surface area (Å²) >= 11 is 0. The molecular weight excluding hydrogens is 208 g/mol. The summed E-state index contributed by atoms with van der Waals surface area (Å²) < 4.78 is 15.3. The third-order valence-corrected chi connectivity index (χ3v) is 2.42. The van der Waals surface area contributed by atoms with Crippen LogP contribution in [0, 0.1) is 0 Å². The Morgan fingerprint density at radius 2 is 1.75 bits per heavy atom. The highest BCUT2D eigenvalue weighted by Gasteiger charge is 2.23. The van der Waals surface area contributed by atoms with Gasteiger partial charge in [-0.15, -0.1) is 0 Å². The van der Waals surface area contributed by atoms with E-state index in [1.165, 1.54) is 0 Å². The van der Waals surface area contributed by atoms with Crippen LogP contribution in [0.1, 0.15) is 19.4 Å². The number of ether oxygens (including phenoxy) is 3. The monoisotopic (exact) mass is 224 g/mol. The number of benzene rings is 1. The van der Waals surface area contributed by atoms with Crippen LogP contribution >= 0.6 is 0 Å². The molecule has 0 saturated carbocycles. The van der Waals surface area contributed by atoms with Crippen LogP contribution in [0.25, 0.3) is 0 Å². The Kier molecular flexibility index (Phi) is 3.77. The third kappa shape index (κ3) is 2.45. The van der Waals surface area contributed by atoms with E-state index in [9.17, 15) is 4.79 Å². The lowest BCUT2D eigenvalue weighted by atomic mass is 9.98. The molecule has 0 radical (unpaired) electrons. The smallest absolute Gasteiger partial charge is 0.293 e. The summed E-state index contributed by atoms with van der Waals surface area (Å²) in [6.45, 7) is 4.06. The van der Waals surface area contributed by atoms with Gasteiger partial charge in [-0.3, -0.25) is 4.79 Å². The zero-order valence-corrected chi connectivity index (χ0v) is 9.94. The van der Waals surface area contributed by atoms with Crippen molar-refractivity contribution in [2.24, 2.45) is 0 Å². The summed E-state index contributed by atoms with van der Waals surface area (Å²) in [6, 6.07) is 5.41. The highest BCUT2D eigenvalue weighted by Crippen LogP contribution is 2.33. The van der Waals surface area contributed by atoms with Gasteiger partial charge in [0.2, 0.25) is 0 Å². The first kappa shape index (κ1) is 12.4. The molecular formula is C12H16O4. The van der Waals surface area contributed by atoms with Crippen molar-refractivity contribution in [3.8, 4) is 11.5 Å². The quantitative estimate of drug-likeness (QED) is 0.718. The molecule has 0 aromatic heterocycles. The fraction of sp³-hybridized carbons (Fsp3) is 0.417. The average Bonchev–Trinajstić information content (AvgIpc) is 2.28. The van der Waals surface area contributed by atoms with Crippen molar-refractivity contribution in [2.45, 2.75) is 19.4 Å². The van der Waals surface area contributed by atoms with Crippen LogP contribution in [0.3, 0.4) is 0 Å². The maximum atomic E-state index is 10.4. The van der Waals surface area contributed by atoms with E-state index >= 15 is 0 Å². The van der Waals surface area contributed by atoms with Crippen LogP contribution in [0.5, 0.6) is 11.5 Å². The largest absolute Gasteiger partial charge is 0.493 e. The normalized spacial score (nSPS) is 10.8. The molecule has 88 valence electrons. The fourth-order valence-electron chi connectivity index (χ4n) is 1.40. The second-order valence-electron chi connectivity index (χ2n) is 3.79. The molecule has 0 bridgehead atoms. The lowest BCUT2D eigenvalue weighted by Gasteiger charge is -2.23. The second-order valence-corrected chi connectivity index (χ2v) is 3.79. The van der Waals surface area contributed by atoms with E-state index in [1.54, 1.807) is 26.4 Å². The van der Waals surface area contributed by atoms with Crippen molar-refractivity contribution in [3.63, 3.8) is 0 Å². The van der Waals surface area contributed by atoms with Gasteiger partial charge in [-0.05, 0) is 31.5 Å². The van der Waals surface area contributed by atoms with Crippen molar-refractivity contribution in [1.82, 2.24) is 0 Å². The van der Waals surface area contributed by atoms with Crippen LogP contribution in [-0.4, -0.2) is 20.7 Å². The Balaban J connectivity index is 3.11. The lowest BCUT2D eigenvalue weighted by Crippen LogP contribution is -2.20. The van der Waals surface area contributed by atoms with E-state index in [-0.39, 0.29) is 0 Å². The predicted octanol–water partition coefficient (Wildman–Crippen LogP) is 2.11. The number of hydrogen-bond acceptors (Lipinski definition) is 4. The lowest BCUT2D eigenvalue weighted by molar-refractivity contribution is -0.141. The Morgan fingerprint density at radius 3 is 2.25 bits per heavy atom. The molecule has 0 unspecified atom stereocenters. The van der Waals surface area contributed by atoms with Crippen LogP contribution in [0.4, 0.5) is 0 Å². The minimum absolute atomic E-state index is 0.441. The molecule has 4 heteroatoms. The maximum absolute atomic E-state index is 10.4. The van der Waals surface area contributed by atoms with Gasteiger partial charge < -0.3 is 14.2 Å². The van der Waals surface area contributed by atoms with Gasteiger partial charge in [0, 0.05) is 0 Å². The Bertz CT molecular complexity index is 371. The summed E-state index contributed by atoms with van der Waals surface area (Å²) in [5.74, 6) is 1.26. The maximum Gasteiger partial charge on any atom is 0.293 e. The molecule has 0 aliphatic heterocycles. The number of methoxy groups -OCH3 is 2. The predicted molar refractivity (Wildman–Crippen MR) is 59.7 cm³/mol. The van der Waals surface area contributed by atoms with Gasteiger partial charge in [-0.2, -0.15) is 0 Å². The highest BCUT2D eigenvalue weighted by atomic mass is 16.5. The molecule has 0 atom stereocenters. The summed E-state index contributed by atoms with van der Waals surface area (Å²) in [5, 5.41) is 0. The van der Waals surface area contributed by atoms with E-state index < -0.39 is 5.60 Å². The molecule has 0 spiro atoms. The first-order chi connectivity index (χ1) is 7.55. The van der Waals surface area contributed by atoms with Gasteiger partial charge in [-0.1, -0.05) is 6.07 Å². The molecule has 1 rings (SSSR count). The van der Waals surface area contributed by atoms with Crippen LogP contribution < -0.4 is 9.47 Å². The summed E-state index contributed by atoms with van der Waals surface area (Å²) in [4.78, 5) is 10.4. The minimum Gasteiger partial charge on any atom is -0.493 e. The Morgan fingerprint density at radius 1 is 1.12 bits per heavy atom. The van der Waals surface area contributed by atoms with Crippen molar-refractivity contribution in [2.75, 3.05) is 14.2 Å². The van der Waals surface area contributed by atoms with Gasteiger partial charge in [0.1, 0.15) is 5.60 Å². The molecule has 0 amide bonds. The van der Waals surface area contributed by atoms with Gasteiger partial charge >= 0.3 is 0 Å². The first-order valence-electron chi connectivity index (χ1n) is 4.89. The molecule has 1 aromatic rings. The zero-order valence-electron chi connectivity index (χ0n) is 9.94. The Labute approximate surface area is 95.1 Å². The van der Waals surface area contributed by atoms with E-state index in [0.29, 0.717) is 18.0 Å². The van der Waals surface area contributed by atoms with E-state index in [1.807, 2.05) is 19.9 Å². The average molecular weight is 224 g/mol. The van der Waals surface area contributed by atoms with Gasteiger partial charge in [-0.25, -0.2) is 0 Å². The van der Waals surface area contributed by atoms with Crippen LogP contribution in [-0.2, 0) is 15.1 Å². The van der Waals surface area contributed by atoms with Crippen molar-refractivity contribution in [1.29, 1.82) is 0 Å². The van der Waals surface area contributed by atoms with Gasteiger partial charge in [0.05, 0.1) is 14.2 Å². The topological polar surface area (TPSA) is 44.8 Å². The van der Waals surface area contributed by atoms with Crippen molar-refractivity contribution >= 4 is 6.47 Å². The highest BCUT2D eigenvalue weighted by molar-refractivity contribution is 5.46. The van der Waals surface area contributed by atoms with Crippen LogP contribution in [0.2, 0.25) is 0 Å². The molecule has 0 aliphatic rings. The zero-order chi connectivity index (χ0) is 12.2. The number of rotatable bonds is 5. The molecule has 0 aliphatic carbocycles. The van der Waals surface area contributed by atoms with Gasteiger partial charge in [0.15, 0.2) is 11.5 Å². The molecule has 1 aromatic carbocycles. The molecule has 0 heterocycles. The van der Waals surface area contributed by atoms with E-state index in [4.69, 9.17) is 14.2 Å². The van der Waals surface area contributed by atoms with Crippen molar-refractivity contribution in [3.05, 3.63) is 23.8 Å². The summed E-state index contributed by atoms with van der Waals surface area (Å²) in [6.07, 6.45) is 0. The van der Waals surface area contributed by atoms with Gasteiger partial charge in [0.25, 0.3) is 6.47 Å². The minimum atomic E-state index is -0.679. The van der Waals surface area contributed by atoms with Crippen molar-refractivity contribution < 1.29 is 19.0 Å². The molecule has 0 N–H and O–H groups in total. The molecule has 0 fully saturated rings. The fourth-order valence-corrected chi connectivity index (χ4v) is 1.40. The number of carbonyl (C=O) groups is 1. The summed E-state index contributed by atoms with van der Waals surface area (Å²) in [7, 11) is 3.14. The standard InChI is InChI=1S/C12H16O4/c1-12(2,16-8-13)9-5-6-10(14-3)11(7-9)15-4/h5-8H,1-4H3. The Hall–Kier alpha value is -1.71. The molecule has 4 nitrogen and oxygen atoms in total. The molecule has 0 saturated heterocycles. The summed E-state index contributed by atoms with van der Waals surface area (Å²) in [5.41, 5.74) is 0.165. The SMILES string of the molecule is COc1ccc(C(C)(C)OC=O)cc1OC. The second kappa shape index (κ2) is 4.88. The first-order valence-corrected chi connectivity index (χ1v) is 4.89. The number of carbonyl (C=O) groups excluding carboxylic acids is 1. The van der Waals surface area contributed by atoms with E-state index in [0.717, 1.165) is 5.56 Å². The van der Waals surface area contributed by atoms with Crippen LogP contribution in [0.15, 0.2) is 18.2 Å². The third-order valence-electron chi connectivity index (χ3n) is 2.42.